The summed E-state index contributed by atoms with van der Waals surface area (Å²) in [6.45, 7) is 5.93. The van der Waals surface area contributed by atoms with Gasteiger partial charge in [-0.15, -0.1) is 0 Å². The van der Waals surface area contributed by atoms with Crippen LogP contribution in [0, 0.1) is 19.3 Å². The molecule has 208 valence electrons. The largest absolute Gasteiger partial charge is 0.344 e. The van der Waals surface area contributed by atoms with Gasteiger partial charge in [-0.05, 0) is 82.4 Å². The molecule has 1 saturated carbocycles. The van der Waals surface area contributed by atoms with Gasteiger partial charge in [-0.2, -0.15) is 0 Å². The molecule has 1 aliphatic carbocycles. The Hall–Kier alpha value is -4.05. The Morgan fingerprint density at radius 3 is 2.39 bits per heavy atom. The van der Waals surface area contributed by atoms with Crippen molar-refractivity contribution in [2.45, 2.75) is 58.5 Å². The predicted molar refractivity (Wildman–Crippen MR) is 157 cm³/mol. The molecule has 4 aromatic rings. The van der Waals surface area contributed by atoms with Crippen LogP contribution < -0.4 is 5.69 Å². The van der Waals surface area contributed by atoms with Crippen LogP contribution in [0.5, 0.6) is 0 Å². The lowest BCUT2D eigenvalue weighted by Crippen LogP contribution is -2.44. The highest BCUT2D eigenvalue weighted by Gasteiger charge is 2.64. The van der Waals surface area contributed by atoms with Crippen molar-refractivity contribution in [2.24, 2.45) is 5.41 Å². The molecule has 6 rings (SSSR count). The van der Waals surface area contributed by atoms with Crippen molar-refractivity contribution >= 4 is 27.6 Å². The van der Waals surface area contributed by atoms with E-state index in [9.17, 15) is 14.4 Å². The van der Waals surface area contributed by atoms with Crippen molar-refractivity contribution in [1.82, 2.24) is 29.8 Å². The van der Waals surface area contributed by atoms with E-state index < -0.39 is 11.7 Å². The van der Waals surface area contributed by atoms with Crippen LogP contribution in [0.1, 0.15) is 42.4 Å². The number of carbonyl (C=O) groups excluding carboxylic acids is 2. The van der Waals surface area contributed by atoms with E-state index >= 15 is 0 Å². The number of benzene rings is 1. The van der Waals surface area contributed by atoms with Crippen LogP contribution in [0.4, 0.5) is 0 Å². The van der Waals surface area contributed by atoms with Gasteiger partial charge in [-0.3, -0.25) is 9.59 Å². The molecule has 1 aromatic carbocycles. The van der Waals surface area contributed by atoms with Gasteiger partial charge in [-0.25, -0.2) is 24.7 Å². The van der Waals surface area contributed by atoms with Crippen LogP contribution >= 0.6 is 15.9 Å². The van der Waals surface area contributed by atoms with Crippen LogP contribution in [-0.2, 0) is 22.4 Å². The number of halogens is 1. The molecule has 1 N–H and O–H groups in total. The van der Waals surface area contributed by atoms with E-state index in [-0.39, 0.29) is 36.0 Å². The molecule has 1 amide bonds. The highest BCUT2D eigenvalue weighted by atomic mass is 79.9. The average molecular weight is 614 g/mol. The number of piperidine rings is 1. The normalized spacial score (nSPS) is 21.0. The Kier molecular flexibility index (Phi) is 6.89. The summed E-state index contributed by atoms with van der Waals surface area (Å²) in [6.07, 6.45) is 8.52. The maximum atomic E-state index is 13.9. The molecule has 2 aliphatic rings. The summed E-state index contributed by atoms with van der Waals surface area (Å²) < 4.78 is 0.687. The molecule has 1 aliphatic heterocycles. The number of aromatic amines is 1. The van der Waals surface area contributed by atoms with E-state index in [0.717, 1.165) is 39.9 Å². The van der Waals surface area contributed by atoms with E-state index in [1.54, 1.807) is 18.6 Å². The van der Waals surface area contributed by atoms with Gasteiger partial charge in [0.1, 0.15) is 10.4 Å². The molecular formula is C31H29BrN6O3. The molecule has 41 heavy (non-hydrogen) atoms. The maximum absolute atomic E-state index is 13.9. The highest BCUT2D eigenvalue weighted by molar-refractivity contribution is 9.10. The summed E-state index contributed by atoms with van der Waals surface area (Å²) in [4.78, 5) is 60.6. The molecule has 2 fully saturated rings. The van der Waals surface area contributed by atoms with Crippen molar-refractivity contribution < 1.29 is 9.59 Å². The third-order valence-corrected chi connectivity index (χ3v) is 8.71. The predicted octanol–water partition coefficient (Wildman–Crippen LogP) is 4.40. The molecule has 0 radical (unpaired) electrons. The number of pyridine rings is 1. The first kappa shape index (κ1) is 27.1. The second-order valence-corrected chi connectivity index (χ2v) is 12.2. The lowest BCUT2D eigenvalue weighted by atomic mass is 9.95. The van der Waals surface area contributed by atoms with Crippen LogP contribution in [0.15, 0.2) is 64.5 Å². The fraction of sp³-hybridized carbons (Fsp3) is 0.323. The minimum atomic E-state index is -0.469. The molecular weight excluding hydrogens is 584 g/mol. The van der Waals surface area contributed by atoms with Crippen LogP contribution in [0.3, 0.4) is 0 Å². The smallest absolute Gasteiger partial charge is 0.329 e. The molecule has 3 atom stereocenters. The van der Waals surface area contributed by atoms with E-state index in [0.29, 0.717) is 22.4 Å². The second-order valence-electron chi connectivity index (χ2n) is 11.4. The summed E-state index contributed by atoms with van der Waals surface area (Å²) in [7, 11) is 0. The minimum absolute atomic E-state index is 0.0195. The monoisotopic (exact) mass is 612 g/mol. The van der Waals surface area contributed by atoms with Gasteiger partial charge in [0.05, 0.1) is 24.6 Å². The van der Waals surface area contributed by atoms with Crippen LogP contribution in [-0.4, -0.2) is 53.6 Å². The number of nitrogens with one attached hydrogen (secondary N) is 1. The standard InChI is InChI=1S/C31H29BrN6O3/c1-17-4-5-28(32)37-24(17)10-26(39)25-11-31(3)12-27(31)38(25)29(40)8-19-6-20(22-13-33-18(2)34-14-22)9-21(7-19)23-15-35-30(41)36-16-23/h4-7,9,13-16,25,27H,8,10-12H2,1-3H3,(H,35,36,41)/t25-,27+,31-/m0/s1. The van der Waals surface area contributed by atoms with Gasteiger partial charge in [0.2, 0.25) is 5.91 Å². The van der Waals surface area contributed by atoms with Gasteiger partial charge in [0, 0.05) is 42.0 Å². The quantitative estimate of drug-likeness (QED) is 0.307. The molecule has 1 saturated heterocycles. The summed E-state index contributed by atoms with van der Waals surface area (Å²) in [5, 5.41) is 0. The fourth-order valence-corrected chi connectivity index (χ4v) is 6.20. The van der Waals surface area contributed by atoms with Crippen molar-refractivity contribution in [2.75, 3.05) is 0 Å². The molecule has 9 nitrogen and oxygen atoms in total. The highest BCUT2D eigenvalue weighted by Crippen LogP contribution is 2.59. The summed E-state index contributed by atoms with van der Waals surface area (Å²) in [5.41, 5.74) is 5.19. The number of aryl methyl sites for hydroxylation is 2. The van der Waals surface area contributed by atoms with Crippen molar-refractivity contribution in [3.05, 3.63) is 92.9 Å². The number of hydrogen-bond donors (Lipinski definition) is 1. The lowest BCUT2D eigenvalue weighted by Gasteiger charge is -2.27. The average Bonchev–Trinajstić information content (AvgIpc) is 3.50. The summed E-state index contributed by atoms with van der Waals surface area (Å²) in [5.74, 6) is 0.609. The van der Waals surface area contributed by atoms with Crippen LogP contribution in [0.2, 0.25) is 0 Å². The number of aromatic nitrogens is 5. The molecule has 0 bridgehead atoms. The van der Waals surface area contributed by atoms with E-state index in [1.807, 2.05) is 49.1 Å². The Labute approximate surface area is 245 Å². The van der Waals surface area contributed by atoms with Crippen molar-refractivity contribution in [3.63, 3.8) is 0 Å². The zero-order valence-electron chi connectivity index (χ0n) is 23.0. The number of likely N-dealkylation sites (tertiary alicyclic amines) is 1. The third kappa shape index (κ3) is 5.48. The number of carbonyl (C=O) groups is 2. The van der Waals surface area contributed by atoms with Gasteiger partial charge in [0.15, 0.2) is 5.78 Å². The molecule has 4 heterocycles. The third-order valence-electron chi connectivity index (χ3n) is 8.27. The maximum Gasteiger partial charge on any atom is 0.344 e. The van der Waals surface area contributed by atoms with Crippen LogP contribution in [0.25, 0.3) is 22.3 Å². The SMILES string of the molecule is Cc1ncc(-c2cc(CC(=O)N3[C@H](C(=O)Cc4nc(Br)ccc4C)C[C@@]4(C)C[C@@H]34)cc(-c3cnc(=O)[nH]c3)c2)cn1. The summed E-state index contributed by atoms with van der Waals surface area (Å²) in [6, 6.07) is 9.25. The van der Waals surface area contributed by atoms with E-state index in [4.69, 9.17) is 0 Å². The molecule has 3 aromatic heterocycles. The number of fused-ring (bicyclic) bond motifs is 1. The van der Waals surface area contributed by atoms with Gasteiger partial charge in [0.25, 0.3) is 0 Å². The minimum Gasteiger partial charge on any atom is -0.329 e. The number of hydrogen-bond acceptors (Lipinski definition) is 7. The number of rotatable bonds is 7. The van der Waals surface area contributed by atoms with Crippen molar-refractivity contribution in [3.8, 4) is 22.3 Å². The Morgan fingerprint density at radius 2 is 1.68 bits per heavy atom. The fourth-order valence-electron chi connectivity index (χ4n) is 5.85. The number of Topliss-reactive ketones (excluding diaryl/α,β-unsaturated/α-hetero) is 1. The van der Waals surface area contributed by atoms with Gasteiger partial charge < -0.3 is 9.88 Å². The lowest BCUT2D eigenvalue weighted by molar-refractivity contribution is -0.138. The first-order valence-electron chi connectivity index (χ1n) is 13.5. The Bertz CT molecular complexity index is 1720. The summed E-state index contributed by atoms with van der Waals surface area (Å²) >= 11 is 3.40. The first-order chi connectivity index (χ1) is 19.6. The topological polar surface area (TPSA) is 122 Å². The van der Waals surface area contributed by atoms with E-state index in [2.05, 4.69) is 47.8 Å². The number of amides is 1. The molecule has 0 spiro atoms. The van der Waals surface area contributed by atoms with Crippen molar-refractivity contribution in [1.29, 1.82) is 0 Å². The Morgan fingerprint density at radius 1 is 0.976 bits per heavy atom. The van der Waals surface area contributed by atoms with E-state index in [1.165, 1.54) is 6.20 Å². The second kappa shape index (κ2) is 10.4. The number of H-pyrrole nitrogens is 1. The zero-order chi connectivity index (χ0) is 28.9. The Balaban J connectivity index is 1.30. The first-order valence-corrected chi connectivity index (χ1v) is 14.3. The van der Waals surface area contributed by atoms with Gasteiger partial charge >= 0.3 is 5.69 Å². The molecule has 10 heteroatoms. The van der Waals surface area contributed by atoms with Gasteiger partial charge in [-0.1, -0.05) is 25.1 Å². The number of ketones is 1. The zero-order valence-corrected chi connectivity index (χ0v) is 24.6. The molecule has 0 unspecified atom stereocenters. The number of nitrogens with zero attached hydrogens (tertiary/aromatic N) is 5.